The molecule has 0 bridgehead atoms. The van der Waals surface area contributed by atoms with Gasteiger partial charge in [-0.15, -0.1) is 15.3 Å². The van der Waals surface area contributed by atoms with Crippen molar-refractivity contribution >= 4 is 6.34 Å². The van der Waals surface area contributed by atoms with Gasteiger partial charge in [0.15, 0.2) is 11.8 Å². The van der Waals surface area contributed by atoms with E-state index in [2.05, 4.69) is 27.0 Å². The minimum Gasteiger partial charge on any atom is -0.497 e. The summed E-state index contributed by atoms with van der Waals surface area (Å²) in [6.45, 7) is 5.65. The smallest absolute Gasteiger partial charge is 0.160 e. The van der Waals surface area contributed by atoms with Gasteiger partial charge < -0.3 is 14.0 Å². The third kappa shape index (κ3) is 6.56. The number of pyridine rings is 1. The summed E-state index contributed by atoms with van der Waals surface area (Å²) in [7, 11) is 5.03. The van der Waals surface area contributed by atoms with Crippen molar-refractivity contribution in [2.24, 2.45) is 27.5 Å². The lowest BCUT2D eigenvalue weighted by Gasteiger charge is -2.01. The summed E-state index contributed by atoms with van der Waals surface area (Å²) in [5, 5.41) is 15.5. The predicted molar refractivity (Wildman–Crippen MR) is 89.9 cm³/mol. The fraction of sp³-hybridized carbons (Fsp3) is 0.250. The largest absolute Gasteiger partial charge is 0.497 e. The van der Waals surface area contributed by atoms with E-state index in [9.17, 15) is 0 Å². The second-order valence-electron chi connectivity index (χ2n) is 4.32. The highest BCUT2D eigenvalue weighted by molar-refractivity contribution is 5.54. The lowest BCUT2D eigenvalue weighted by Crippen LogP contribution is -2.16. The number of methoxy groups -OCH3 is 2. The van der Waals surface area contributed by atoms with E-state index >= 15 is 0 Å². The molecule has 1 rings (SSSR count). The van der Waals surface area contributed by atoms with E-state index in [1.807, 2.05) is 32.3 Å². The monoisotopic (exact) mass is 315 g/mol. The third-order valence-electron chi connectivity index (χ3n) is 2.66. The highest BCUT2D eigenvalue weighted by Gasteiger charge is 1.92. The Hall–Kier alpha value is -2.96. The molecule has 0 aliphatic carbocycles. The van der Waals surface area contributed by atoms with E-state index in [0.29, 0.717) is 22.7 Å². The van der Waals surface area contributed by atoms with Gasteiger partial charge in [-0.25, -0.2) is 0 Å². The molecule has 1 aromatic heterocycles. The molecule has 0 saturated carbocycles. The Morgan fingerprint density at radius 3 is 2.78 bits per heavy atom. The van der Waals surface area contributed by atoms with E-state index in [1.165, 1.54) is 6.34 Å². The molecule has 7 heteroatoms. The van der Waals surface area contributed by atoms with Crippen LogP contribution in [0.5, 0.6) is 5.75 Å². The maximum absolute atomic E-state index is 5.13. The molecule has 0 amide bonds. The molecular formula is C16H21N5O2. The van der Waals surface area contributed by atoms with Crippen LogP contribution in [-0.4, -0.2) is 25.1 Å². The maximum Gasteiger partial charge on any atom is 0.160 e. The number of aromatic nitrogens is 1. The van der Waals surface area contributed by atoms with Gasteiger partial charge in [0, 0.05) is 25.4 Å². The van der Waals surface area contributed by atoms with Crippen LogP contribution >= 0.6 is 0 Å². The average Bonchev–Trinajstić information content (AvgIpc) is 2.55. The number of nitrogens with zero attached hydrogens (tertiary/aromatic N) is 5. The molecule has 1 heterocycles. The molecule has 0 radical (unpaired) electrons. The average molecular weight is 315 g/mol. The van der Waals surface area contributed by atoms with Crippen molar-refractivity contribution < 1.29 is 9.47 Å². The Morgan fingerprint density at radius 2 is 2.13 bits per heavy atom. The van der Waals surface area contributed by atoms with Crippen LogP contribution in [0.25, 0.3) is 0 Å². The van der Waals surface area contributed by atoms with Crippen LogP contribution < -0.4 is 10.2 Å². The van der Waals surface area contributed by atoms with Crippen molar-refractivity contribution in [1.29, 1.82) is 0 Å². The molecule has 0 atom stereocenters. The van der Waals surface area contributed by atoms with Gasteiger partial charge in [0.05, 0.1) is 19.9 Å². The number of azo groups is 1. The van der Waals surface area contributed by atoms with Gasteiger partial charge in [0.2, 0.25) is 0 Å². The molecule has 23 heavy (non-hydrogen) atoms. The molecule has 7 nitrogen and oxygen atoms in total. The normalized spacial score (nSPS) is 13.4. The minimum absolute atomic E-state index is 0.443. The van der Waals surface area contributed by atoms with Crippen molar-refractivity contribution in [3.05, 3.63) is 60.1 Å². The lowest BCUT2D eigenvalue weighted by atomic mass is 10.3. The van der Waals surface area contributed by atoms with Gasteiger partial charge >= 0.3 is 0 Å². The molecule has 0 N–H and O–H groups in total. The minimum atomic E-state index is 0.443. The Kier molecular flexibility index (Phi) is 7.77. The van der Waals surface area contributed by atoms with Crippen molar-refractivity contribution in [3.8, 4) is 5.75 Å². The molecule has 122 valence electrons. The first-order chi connectivity index (χ1) is 11.1. The summed E-state index contributed by atoms with van der Waals surface area (Å²) in [5.74, 6) is 1.34. The van der Waals surface area contributed by atoms with Crippen molar-refractivity contribution in [1.82, 2.24) is 4.57 Å². The highest BCUT2D eigenvalue weighted by atomic mass is 16.5. The number of aryl methyl sites for hydroxylation is 1. The molecule has 0 spiro atoms. The van der Waals surface area contributed by atoms with Crippen LogP contribution in [-0.2, 0) is 11.8 Å². The van der Waals surface area contributed by atoms with Crippen molar-refractivity contribution in [3.63, 3.8) is 0 Å². The SMILES string of the molecule is C=C(/C=C(\C=C/C)OC)/N=N/C=N/N=c1\cc(OC)ccn1C. The van der Waals surface area contributed by atoms with Gasteiger partial charge in [-0.3, -0.25) is 0 Å². The molecule has 0 fully saturated rings. The second-order valence-corrected chi connectivity index (χ2v) is 4.32. The van der Waals surface area contributed by atoms with Gasteiger partial charge in [-0.2, -0.15) is 5.11 Å². The molecule has 0 aliphatic rings. The zero-order chi connectivity index (χ0) is 17.1. The number of allylic oxidation sites excluding steroid dienone is 3. The first kappa shape index (κ1) is 18.1. The first-order valence-corrected chi connectivity index (χ1v) is 6.85. The van der Waals surface area contributed by atoms with Crippen molar-refractivity contribution in [2.45, 2.75) is 6.92 Å². The third-order valence-corrected chi connectivity index (χ3v) is 2.66. The lowest BCUT2D eigenvalue weighted by molar-refractivity contribution is 0.306. The van der Waals surface area contributed by atoms with Gasteiger partial charge in [-0.1, -0.05) is 12.7 Å². The van der Waals surface area contributed by atoms with Crippen LogP contribution in [0, 0.1) is 0 Å². The predicted octanol–water partition coefficient (Wildman–Crippen LogP) is 2.95. The van der Waals surface area contributed by atoms with Gasteiger partial charge in [0.25, 0.3) is 0 Å². The first-order valence-electron chi connectivity index (χ1n) is 6.85. The molecule has 0 saturated heterocycles. The summed E-state index contributed by atoms with van der Waals surface area (Å²) in [6, 6.07) is 3.59. The summed E-state index contributed by atoms with van der Waals surface area (Å²) in [5.41, 5.74) is 1.07. The second kappa shape index (κ2) is 9.88. The Labute approximate surface area is 135 Å². The van der Waals surface area contributed by atoms with Crippen molar-refractivity contribution in [2.75, 3.05) is 14.2 Å². The number of ether oxygens (including phenoxy) is 2. The zero-order valence-corrected chi connectivity index (χ0v) is 13.8. The molecule has 0 aliphatic heterocycles. The highest BCUT2D eigenvalue weighted by Crippen LogP contribution is 2.05. The van der Waals surface area contributed by atoms with Crippen LogP contribution in [0.3, 0.4) is 0 Å². The molecule has 0 unspecified atom stereocenters. The topological polar surface area (TPSA) is 72.8 Å². The van der Waals surface area contributed by atoms with E-state index in [4.69, 9.17) is 9.47 Å². The summed E-state index contributed by atoms with van der Waals surface area (Å²) in [6.07, 6.45) is 8.38. The summed E-state index contributed by atoms with van der Waals surface area (Å²) >= 11 is 0. The summed E-state index contributed by atoms with van der Waals surface area (Å²) in [4.78, 5) is 0. The number of hydrogen-bond donors (Lipinski definition) is 0. The number of rotatable bonds is 7. The van der Waals surface area contributed by atoms with Gasteiger partial charge in [-0.05, 0) is 19.1 Å². The van der Waals surface area contributed by atoms with E-state index in [-0.39, 0.29) is 0 Å². The Balaban J connectivity index is 2.76. The fourth-order valence-electron chi connectivity index (χ4n) is 1.51. The zero-order valence-electron chi connectivity index (χ0n) is 13.8. The molecule has 0 aromatic carbocycles. The van der Waals surface area contributed by atoms with E-state index in [0.717, 1.165) is 0 Å². The Morgan fingerprint density at radius 1 is 1.35 bits per heavy atom. The van der Waals surface area contributed by atoms with E-state index in [1.54, 1.807) is 37.0 Å². The summed E-state index contributed by atoms with van der Waals surface area (Å²) < 4.78 is 12.1. The van der Waals surface area contributed by atoms with Crippen LogP contribution in [0.1, 0.15) is 6.92 Å². The molecule has 1 aromatic rings. The van der Waals surface area contributed by atoms with E-state index < -0.39 is 0 Å². The quantitative estimate of drug-likeness (QED) is 0.194. The fourth-order valence-corrected chi connectivity index (χ4v) is 1.51. The Bertz CT molecular complexity index is 711. The van der Waals surface area contributed by atoms with Crippen LogP contribution in [0.4, 0.5) is 0 Å². The standard InChI is InChI=1S/C16H21N5O2/c1-6-7-14(22-4)10-13(2)19-17-12-18-20-16-11-15(23-5)8-9-21(16)3/h6-12H,2H2,1,3-5H3/b7-6-,14-10+,18-12+,19-17+,20-16+. The van der Waals surface area contributed by atoms with Gasteiger partial charge in [0.1, 0.15) is 11.5 Å². The maximum atomic E-state index is 5.13. The number of hydrogen-bond acceptors (Lipinski definition) is 5. The van der Waals surface area contributed by atoms with Crippen LogP contribution in [0.15, 0.2) is 75.0 Å². The van der Waals surface area contributed by atoms with Crippen LogP contribution in [0.2, 0.25) is 0 Å². The molecular weight excluding hydrogens is 294 g/mol.